The van der Waals surface area contributed by atoms with Crippen molar-refractivity contribution >= 4 is 5.91 Å². The zero-order valence-electron chi connectivity index (χ0n) is 11.8. The fourth-order valence-electron chi connectivity index (χ4n) is 3.64. The third-order valence-corrected chi connectivity index (χ3v) is 4.38. The van der Waals surface area contributed by atoms with Crippen molar-refractivity contribution in [1.82, 2.24) is 14.8 Å². The van der Waals surface area contributed by atoms with Gasteiger partial charge in [0, 0.05) is 37.9 Å². The second kappa shape index (κ2) is 5.00. The van der Waals surface area contributed by atoms with Crippen LogP contribution in [0, 0.1) is 5.92 Å². The highest BCUT2D eigenvalue weighted by Gasteiger charge is 2.44. The van der Waals surface area contributed by atoms with Crippen molar-refractivity contribution in [1.29, 1.82) is 0 Å². The SMILES string of the molecule is CC(C)CN1CC[C@H]2[C@@H]1CCN2C(=O)c1ccc[nH]1. The topological polar surface area (TPSA) is 39.3 Å². The number of nitrogens with zero attached hydrogens (tertiary/aromatic N) is 2. The summed E-state index contributed by atoms with van der Waals surface area (Å²) in [6.45, 7) is 7.74. The van der Waals surface area contributed by atoms with Gasteiger partial charge in [-0.2, -0.15) is 0 Å². The van der Waals surface area contributed by atoms with E-state index in [9.17, 15) is 4.79 Å². The van der Waals surface area contributed by atoms with E-state index < -0.39 is 0 Å². The minimum absolute atomic E-state index is 0.170. The van der Waals surface area contributed by atoms with Crippen LogP contribution in [-0.4, -0.2) is 52.4 Å². The summed E-state index contributed by atoms with van der Waals surface area (Å²) in [7, 11) is 0. The van der Waals surface area contributed by atoms with Crippen LogP contribution in [-0.2, 0) is 0 Å². The molecule has 1 aromatic heterocycles. The Morgan fingerprint density at radius 3 is 2.84 bits per heavy atom. The molecule has 2 fully saturated rings. The number of nitrogens with one attached hydrogen (secondary N) is 1. The first-order valence-corrected chi connectivity index (χ1v) is 7.35. The number of hydrogen-bond acceptors (Lipinski definition) is 2. The summed E-state index contributed by atoms with van der Waals surface area (Å²) in [6, 6.07) is 4.77. The first kappa shape index (κ1) is 12.7. The quantitative estimate of drug-likeness (QED) is 0.903. The van der Waals surface area contributed by atoms with E-state index in [1.807, 2.05) is 18.3 Å². The Balaban J connectivity index is 1.70. The molecule has 2 saturated heterocycles. The number of aromatic nitrogens is 1. The number of rotatable bonds is 3. The second-order valence-electron chi connectivity index (χ2n) is 6.18. The summed E-state index contributed by atoms with van der Waals surface area (Å²) < 4.78 is 0. The van der Waals surface area contributed by atoms with E-state index in [0.717, 1.165) is 38.2 Å². The predicted octanol–water partition coefficient (Wildman–Crippen LogP) is 1.96. The van der Waals surface area contributed by atoms with Crippen LogP contribution < -0.4 is 0 Å². The Morgan fingerprint density at radius 1 is 1.37 bits per heavy atom. The molecule has 1 N–H and O–H groups in total. The minimum atomic E-state index is 0.170. The molecule has 0 unspecified atom stereocenters. The molecule has 19 heavy (non-hydrogen) atoms. The lowest BCUT2D eigenvalue weighted by molar-refractivity contribution is 0.0726. The first-order valence-electron chi connectivity index (χ1n) is 7.35. The number of likely N-dealkylation sites (tertiary alicyclic amines) is 2. The molecule has 0 bridgehead atoms. The fraction of sp³-hybridized carbons (Fsp3) is 0.667. The van der Waals surface area contributed by atoms with Gasteiger partial charge in [0.05, 0.1) is 0 Å². The highest BCUT2D eigenvalue weighted by Crippen LogP contribution is 2.32. The molecule has 4 nitrogen and oxygen atoms in total. The van der Waals surface area contributed by atoms with Crippen molar-refractivity contribution in [2.75, 3.05) is 19.6 Å². The van der Waals surface area contributed by atoms with Gasteiger partial charge in [-0.05, 0) is 30.9 Å². The number of carbonyl (C=O) groups excluding carboxylic acids is 1. The van der Waals surface area contributed by atoms with Gasteiger partial charge in [-0.1, -0.05) is 13.8 Å². The summed E-state index contributed by atoms with van der Waals surface area (Å²) >= 11 is 0. The Labute approximate surface area is 114 Å². The Bertz CT molecular complexity index is 440. The van der Waals surface area contributed by atoms with E-state index in [4.69, 9.17) is 0 Å². The monoisotopic (exact) mass is 261 g/mol. The van der Waals surface area contributed by atoms with E-state index in [2.05, 4.69) is 28.6 Å². The normalized spacial score (nSPS) is 27.2. The number of carbonyl (C=O) groups is 1. The maximum atomic E-state index is 12.5. The van der Waals surface area contributed by atoms with E-state index in [0.29, 0.717) is 18.0 Å². The van der Waals surface area contributed by atoms with Gasteiger partial charge in [-0.25, -0.2) is 0 Å². The molecule has 1 aromatic rings. The second-order valence-corrected chi connectivity index (χ2v) is 6.18. The maximum absolute atomic E-state index is 12.5. The maximum Gasteiger partial charge on any atom is 0.270 e. The molecule has 4 heteroatoms. The molecule has 104 valence electrons. The van der Waals surface area contributed by atoms with Crippen LogP contribution in [0.25, 0.3) is 0 Å². The Kier molecular flexibility index (Phi) is 3.35. The highest BCUT2D eigenvalue weighted by molar-refractivity contribution is 5.92. The van der Waals surface area contributed by atoms with Crippen molar-refractivity contribution in [3.63, 3.8) is 0 Å². The van der Waals surface area contributed by atoms with E-state index in [1.54, 1.807) is 0 Å². The smallest absolute Gasteiger partial charge is 0.270 e. The molecular weight excluding hydrogens is 238 g/mol. The van der Waals surface area contributed by atoms with Gasteiger partial charge in [-0.3, -0.25) is 9.69 Å². The van der Waals surface area contributed by atoms with Crippen molar-refractivity contribution in [3.05, 3.63) is 24.0 Å². The van der Waals surface area contributed by atoms with Gasteiger partial charge in [0.1, 0.15) is 5.69 Å². The van der Waals surface area contributed by atoms with Crippen LogP contribution in [0.2, 0.25) is 0 Å². The summed E-state index contributed by atoms with van der Waals surface area (Å²) in [4.78, 5) is 20.1. The third kappa shape index (κ3) is 2.29. The van der Waals surface area contributed by atoms with Crippen LogP contribution >= 0.6 is 0 Å². The van der Waals surface area contributed by atoms with Crippen LogP contribution in [0.15, 0.2) is 18.3 Å². The number of amides is 1. The molecule has 1 amide bonds. The standard InChI is InChI=1S/C15H23N3O/c1-11(2)10-17-8-5-14-13(17)6-9-18(14)15(19)12-4-3-7-16-12/h3-4,7,11,13-14,16H,5-6,8-10H2,1-2H3/t13-,14-/m0/s1. The Hall–Kier alpha value is -1.29. The average Bonchev–Trinajstić information content (AvgIpc) is 3.04. The lowest BCUT2D eigenvalue weighted by Gasteiger charge is -2.26. The third-order valence-electron chi connectivity index (χ3n) is 4.38. The molecule has 0 spiro atoms. The average molecular weight is 261 g/mol. The summed E-state index contributed by atoms with van der Waals surface area (Å²) in [5.74, 6) is 0.871. The van der Waals surface area contributed by atoms with Gasteiger partial charge in [0.25, 0.3) is 5.91 Å². The zero-order chi connectivity index (χ0) is 13.4. The van der Waals surface area contributed by atoms with E-state index in [1.165, 1.54) is 0 Å². The molecule has 3 rings (SSSR count). The van der Waals surface area contributed by atoms with Crippen LogP contribution in [0.5, 0.6) is 0 Å². The van der Waals surface area contributed by atoms with E-state index in [-0.39, 0.29) is 5.91 Å². The number of H-pyrrole nitrogens is 1. The lowest BCUT2D eigenvalue weighted by Crippen LogP contribution is -2.40. The lowest BCUT2D eigenvalue weighted by atomic mass is 10.1. The Morgan fingerprint density at radius 2 is 2.16 bits per heavy atom. The molecule has 0 saturated carbocycles. The molecule has 0 aromatic carbocycles. The van der Waals surface area contributed by atoms with Gasteiger partial charge in [0.15, 0.2) is 0 Å². The van der Waals surface area contributed by atoms with Crippen molar-refractivity contribution in [2.45, 2.75) is 38.8 Å². The predicted molar refractivity (Wildman–Crippen MR) is 75.1 cm³/mol. The number of aromatic amines is 1. The van der Waals surface area contributed by atoms with Crippen LogP contribution in [0.3, 0.4) is 0 Å². The summed E-state index contributed by atoms with van der Waals surface area (Å²) in [5.41, 5.74) is 0.725. The molecule has 3 heterocycles. The van der Waals surface area contributed by atoms with Crippen molar-refractivity contribution < 1.29 is 4.79 Å². The first-order chi connectivity index (χ1) is 9.16. The van der Waals surface area contributed by atoms with Crippen LogP contribution in [0.4, 0.5) is 0 Å². The molecule has 0 aliphatic carbocycles. The van der Waals surface area contributed by atoms with Crippen LogP contribution in [0.1, 0.15) is 37.2 Å². The van der Waals surface area contributed by atoms with E-state index >= 15 is 0 Å². The fourth-order valence-corrected chi connectivity index (χ4v) is 3.64. The summed E-state index contributed by atoms with van der Waals surface area (Å²) in [5, 5.41) is 0. The molecule has 2 aliphatic rings. The zero-order valence-corrected chi connectivity index (χ0v) is 11.8. The number of fused-ring (bicyclic) bond motifs is 1. The molecule has 0 radical (unpaired) electrons. The highest BCUT2D eigenvalue weighted by atomic mass is 16.2. The van der Waals surface area contributed by atoms with Crippen molar-refractivity contribution in [2.24, 2.45) is 5.92 Å². The van der Waals surface area contributed by atoms with Gasteiger partial charge < -0.3 is 9.88 Å². The number of hydrogen-bond donors (Lipinski definition) is 1. The van der Waals surface area contributed by atoms with Gasteiger partial charge in [-0.15, -0.1) is 0 Å². The molecule has 2 aliphatic heterocycles. The van der Waals surface area contributed by atoms with Crippen molar-refractivity contribution in [3.8, 4) is 0 Å². The van der Waals surface area contributed by atoms with Gasteiger partial charge in [0.2, 0.25) is 0 Å². The summed E-state index contributed by atoms with van der Waals surface area (Å²) in [6.07, 6.45) is 4.08. The molecular formula is C15H23N3O. The van der Waals surface area contributed by atoms with Gasteiger partial charge >= 0.3 is 0 Å². The molecule has 2 atom stereocenters. The minimum Gasteiger partial charge on any atom is -0.357 e. The largest absolute Gasteiger partial charge is 0.357 e.